The smallest absolute Gasteiger partial charge is 0.335 e. The summed E-state index contributed by atoms with van der Waals surface area (Å²) in [6.07, 6.45) is 1.36. The number of carbonyl (C=O) groups is 2. The molecule has 88 valence electrons. The minimum Gasteiger partial charge on any atom is -0.478 e. The molecule has 1 fully saturated rings. The van der Waals surface area contributed by atoms with Crippen molar-refractivity contribution in [2.24, 2.45) is 11.7 Å². The average Bonchev–Trinajstić information content (AvgIpc) is 2.15. The first-order chi connectivity index (χ1) is 7.43. The number of nitrogens with zero attached hydrogens (tertiary/aromatic N) is 1. The first-order valence-electron chi connectivity index (χ1n) is 4.75. The summed E-state index contributed by atoms with van der Waals surface area (Å²) < 4.78 is 0. The number of nitrogens with two attached hydrogens (primary N) is 1. The molecule has 0 radical (unpaired) electrons. The van der Waals surface area contributed by atoms with Crippen LogP contribution in [-0.2, 0) is 9.59 Å². The van der Waals surface area contributed by atoms with Crippen LogP contribution in [-0.4, -0.2) is 37.5 Å². The van der Waals surface area contributed by atoms with Gasteiger partial charge in [0.05, 0.1) is 22.2 Å². The highest BCUT2D eigenvalue weighted by Gasteiger charge is 2.52. The van der Waals surface area contributed by atoms with Crippen molar-refractivity contribution in [1.82, 2.24) is 4.90 Å². The molecule has 3 N–H and O–H groups in total. The zero-order chi connectivity index (χ0) is 12.0. The Bertz CT molecular complexity index is 385. The maximum Gasteiger partial charge on any atom is 0.335 e. The summed E-state index contributed by atoms with van der Waals surface area (Å²) >= 11 is 4.70. The number of carboxylic acid groups (broad SMARTS) is 1. The summed E-state index contributed by atoms with van der Waals surface area (Å²) in [6.45, 7) is 1.91. The molecule has 0 spiro atoms. The van der Waals surface area contributed by atoms with Gasteiger partial charge in [-0.1, -0.05) is 22.9 Å². The van der Waals surface area contributed by atoms with Crippen molar-refractivity contribution in [3.05, 3.63) is 11.8 Å². The van der Waals surface area contributed by atoms with Crippen molar-refractivity contribution in [1.29, 1.82) is 0 Å². The van der Waals surface area contributed by atoms with E-state index in [9.17, 15) is 9.59 Å². The Balaban J connectivity index is 2.24. The maximum atomic E-state index is 11.7. The molecule has 2 aliphatic heterocycles. The number of carboxylic acids is 1. The van der Waals surface area contributed by atoms with Crippen LogP contribution in [0.25, 0.3) is 0 Å². The van der Waals surface area contributed by atoms with E-state index in [-0.39, 0.29) is 27.6 Å². The topological polar surface area (TPSA) is 83.6 Å². The Kier molecular flexibility index (Phi) is 3.02. The van der Waals surface area contributed by atoms with Crippen LogP contribution in [0.2, 0.25) is 0 Å². The second-order valence-electron chi connectivity index (χ2n) is 3.79. The first kappa shape index (κ1) is 11.9. The molecule has 0 bridgehead atoms. The number of carbonyl (C=O) groups excluding carboxylic acids is 1. The molecule has 0 saturated carbocycles. The number of thioether (sulfide) groups is 1. The van der Waals surface area contributed by atoms with Gasteiger partial charge in [0.15, 0.2) is 0 Å². The van der Waals surface area contributed by atoms with Gasteiger partial charge >= 0.3 is 5.97 Å². The molecule has 0 aliphatic carbocycles. The molecule has 0 aromatic rings. The number of halogens is 1. The highest BCUT2D eigenvalue weighted by atomic mass is 79.9. The number of alkyl halides is 1. The second-order valence-corrected chi connectivity index (χ2v) is 6.49. The fraction of sp³-hybridized carbons (Fsp3) is 0.556. The Morgan fingerprint density at radius 3 is 2.88 bits per heavy atom. The molecule has 7 heteroatoms. The SMILES string of the molecule is CC(Br)C1C(=O)N2C=C(C(=O)O)C(N)S[C@H]12. The van der Waals surface area contributed by atoms with Gasteiger partial charge in [-0.15, -0.1) is 11.8 Å². The summed E-state index contributed by atoms with van der Waals surface area (Å²) in [5.74, 6) is -1.24. The van der Waals surface area contributed by atoms with Gasteiger partial charge < -0.3 is 15.7 Å². The quantitative estimate of drug-likeness (QED) is 0.575. The second kappa shape index (κ2) is 4.05. The summed E-state index contributed by atoms with van der Waals surface area (Å²) in [6, 6.07) is 0. The van der Waals surface area contributed by atoms with Crippen molar-refractivity contribution in [3.8, 4) is 0 Å². The Morgan fingerprint density at radius 1 is 1.75 bits per heavy atom. The molecule has 3 unspecified atom stereocenters. The van der Waals surface area contributed by atoms with E-state index >= 15 is 0 Å². The largest absolute Gasteiger partial charge is 0.478 e. The van der Waals surface area contributed by atoms with Crippen molar-refractivity contribution < 1.29 is 14.7 Å². The third-order valence-electron chi connectivity index (χ3n) is 2.73. The average molecular weight is 307 g/mol. The van der Waals surface area contributed by atoms with E-state index in [0.29, 0.717) is 0 Å². The van der Waals surface area contributed by atoms with Crippen molar-refractivity contribution in [2.45, 2.75) is 22.5 Å². The van der Waals surface area contributed by atoms with E-state index in [1.807, 2.05) is 6.92 Å². The number of β-lactam (4-membered cyclic amide) rings is 1. The van der Waals surface area contributed by atoms with E-state index in [2.05, 4.69) is 15.9 Å². The maximum absolute atomic E-state index is 11.7. The Morgan fingerprint density at radius 2 is 2.38 bits per heavy atom. The molecule has 2 heterocycles. The molecule has 4 atom stereocenters. The number of hydrogen-bond donors (Lipinski definition) is 2. The summed E-state index contributed by atoms with van der Waals surface area (Å²) in [5, 5.41) is 8.28. The van der Waals surface area contributed by atoms with Gasteiger partial charge in [0.2, 0.25) is 5.91 Å². The lowest BCUT2D eigenvalue weighted by Crippen LogP contribution is -2.62. The van der Waals surface area contributed by atoms with Crippen LogP contribution in [0.3, 0.4) is 0 Å². The number of hydrogen-bond acceptors (Lipinski definition) is 4. The lowest BCUT2D eigenvalue weighted by Gasteiger charge is -2.49. The van der Waals surface area contributed by atoms with Gasteiger partial charge in [-0.05, 0) is 0 Å². The normalized spacial score (nSPS) is 34.9. The van der Waals surface area contributed by atoms with Crippen LogP contribution in [0.15, 0.2) is 11.8 Å². The summed E-state index contributed by atoms with van der Waals surface area (Å²) in [4.78, 5) is 24.1. The Labute approximate surface area is 105 Å². The summed E-state index contributed by atoms with van der Waals surface area (Å²) in [5.41, 5.74) is 5.81. The monoisotopic (exact) mass is 306 g/mol. The van der Waals surface area contributed by atoms with Gasteiger partial charge in [0.25, 0.3) is 0 Å². The standard InChI is InChI=1S/C9H11BrN2O3S/c1-3(10)5-7(13)12-2-4(9(14)15)6(11)16-8(5)12/h2-3,5-6,8H,11H2,1H3,(H,14,15)/t3?,5?,6?,8-/m1/s1. The zero-order valence-corrected chi connectivity index (χ0v) is 10.9. The molecule has 2 rings (SSSR count). The highest BCUT2D eigenvalue weighted by Crippen LogP contribution is 2.44. The van der Waals surface area contributed by atoms with E-state index in [4.69, 9.17) is 10.8 Å². The zero-order valence-electron chi connectivity index (χ0n) is 8.46. The van der Waals surface area contributed by atoms with Crippen LogP contribution in [0, 0.1) is 5.92 Å². The van der Waals surface area contributed by atoms with Gasteiger partial charge in [-0.25, -0.2) is 4.79 Å². The molecule has 1 saturated heterocycles. The molecule has 0 aromatic carbocycles. The number of rotatable bonds is 2. The van der Waals surface area contributed by atoms with Crippen molar-refractivity contribution >= 4 is 39.6 Å². The van der Waals surface area contributed by atoms with Crippen LogP contribution in [0.1, 0.15) is 6.92 Å². The summed E-state index contributed by atoms with van der Waals surface area (Å²) in [7, 11) is 0. The molecule has 5 nitrogen and oxygen atoms in total. The van der Waals surface area contributed by atoms with Gasteiger partial charge in [0.1, 0.15) is 0 Å². The number of amides is 1. The highest BCUT2D eigenvalue weighted by molar-refractivity contribution is 9.09. The van der Waals surface area contributed by atoms with Gasteiger partial charge in [0, 0.05) is 11.0 Å². The third-order valence-corrected chi connectivity index (χ3v) is 4.65. The molecule has 16 heavy (non-hydrogen) atoms. The van der Waals surface area contributed by atoms with Crippen molar-refractivity contribution in [2.75, 3.05) is 0 Å². The molecular formula is C9H11BrN2O3S. The van der Waals surface area contributed by atoms with Crippen LogP contribution < -0.4 is 5.73 Å². The van der Waals surface area contributed by atoms with Gasteiger partial charge in [-0.2, -0.15) is 0 Å². The van der Waals surface area contributed by atoms with Crippen LogP contribution >= 0.6 is 27.7 Å². The van der Waals surface area contributed by atoms with E-state index in [0.717, 1.165) is 0 Å². The fourth-order valence-corrected chi connectivity index (χ4v) is 3.99. The lowest BCUT2D eigenvalue weighted by atomic mass is 9.95. The molecule has 0 aromatic heterocycles. The van der Waals surface area contributed by atoms with E-state index in [1.165, 1.54) is 22.9 Å². The van der Waals surface area contributed by atoms with Gasteiger partial charge in [-0.3, -0.25) is 4.79 Å². The Hall–Kier alpha value is -0.530. The molecule has 1 amide bonds. The van der Waals surface area contributed by atoms with E-state index < -0.39 is 11.3 Å². The molecular weight excluding hydrogens is 296 g/mol. The van der Waals surface area contributed by atoms with Crippen molar-refractivity contribution in [3.63, 3.8) is 0 Å². The lowest BCUT2D eigenvalue weighted by molar-refractivity contribution is -0.145. The minimum absolute atomic E-state index is 0.0417. The minimum atomic E-state index is -1.07. The molecule has 2 aliphatic rings. The number of aliphatic carboxylic acids is 1. The van der Waals surface area contributed by atoms with Crippen LogP contribution in [0.4, 0.5) is 0 Å². The fourth-order valence-electron chi connectivity index (χ4n) is 1.84. The number of fused-ring (bicyclic) bond motifs is 1. The first-order valence-corrected chi connectivity index (χ1v) is 6.61. The van der Waals surface area contributed by atoms with E-state index in [1.54, 1.807) is 0 Å². The van der Waals surface area contributed by atoms with Crippen LogP contribution in [0.5, 0.6) is 0 Å². The predicted molar refractivity (Wildman–Crippen MR) is 63.8 cm³/mol. The third kappa shape index (κ3) is 1.66. The predicted octanol–water partition coefficient (Wildman–Crippen LogP) is 0.554.